The fraction of sp³-hybridized carbons (Fsp3) is 0. The molecule has 76 valence electrons. The number of para-hydroxylation sites is 1. The van der Waals surface area contributed by atoms with Gasteiger partial charge in [0.25, 0.3) is 11.2 Å². The van der Waals surface area contributed by atoms with E-state index in [2.05, 4.69) is 0 Å². The van der Waals surface area contributed by atoms with Crippen LogP contribution in [-0.4, -0.2) is 9.65 Å². The van der Waals surface area contributed by atoms with Crippen molar-refractivity contribution < 1.29 is 4.92 Å². The van der Waals surface area contributed by atoms with Crippen LogP contribution >= 0.6 is 0 Å². The highest BCUT2D eigenvalue weighted by atomic mass is 16.6. The molecule has 0 atom stereocenters. The molecule has 6 nitrogen and oxygen atoms in total. The van der Waals surface area contributed by atoms with Gasteiger partial charge in [0.2, 0.25) is 0 Å². The second-order valence-electron chi connectivity index (χ2n) is 2.94. The van der Waals surface area contributed by atoms with Crippen molar-refractivity contribution >= 4 is 16.6 Å². The monoisotopic (exact) mass is 205 g/mol. The summed E-state index contributed by atoms with van der Waals surface area (Å²) in [5.41, 5.74) is -1.26. The van der Waals surface area contributed by atoms with Gasteiger partial charge in [-0.2, -0.15) is 0 Å². The van der Waals surface area contributed by atoms with Crippen LogP contribution in [0.2, 0.25) is 0 Å². The Morgan fingerprint density at radius 2 is 1.93 bits per heavy atom. The maximum Gasteiger partial charge on any atom is 0.284 e. The summed E-state index contributed by atoms with van der Waals surface area (Å²) in [4.78, 5) is 21.1. The van der Waals surface area contributed by atoms with Crippen molar-refractivity contribution in [3.63, 3.8) is 0 Å². The van der Waals surface area contributed by atoms with E-state index in [9.17, 15) is 20.1 Å². The van der Waals surface area contributed by atoms with Crippen LogP contribution < -0.4 is 5.56 Å². The van der Waals surface area contributed by atoms with Gasteiger partial charge in [-0.25, -0.2) is 0 Å². The summed E-state index contributed by atoms with van der Waals surface area (Å²) in [6.45, 7) is 0. The van der Waals surface area contributed by atoms with Crippen molar-refractivity contribution in [3.05, 3.63) is 56.0 Å². The summed E-state index contributed by atoms with van der Waals surface area (Å²) in [6.07, 6.45) is 0. The first kappa shape index (κ1) is 9.20. The van der Waals surface area contributed by atoms with E-state index in [-0.39, 0.29) is 21.3 Å². The molecule has 15 heavy (non-hydrogen) atoms. The van der Waals surface area contributed by atoms with E-state index in [4.69, 9.17) is 0 Å². The predicted molar refractivity (Wildman–Crippen MR) is 53.6 cm³/mol. The van der Waals surface area contributed by atoms with Crippen molar-refractivity contribution in [2.75, 3.05) is 0 Å². The summed E-state index contributed by atoms with van der Waals surface area (Å²) in [7, 11) is 0. The molecule has 1 aromatic heterocycles. The number of fused-ring (bicyclic) bond motifs is 1. The third-order valence-electron chi connectivity index (χ3n) is 2.06. The molecule has 2 aromatic rings. The molecule has 0 aliphatic carbocycles. The van der Waals surface area contributed by atoms with Gasteiger partial charge in [0, 0.05) is 0 Å². The lowest BCUT2D eigenvalue weighted by Gasteiger charge is -2.12. The van der Waals surface area contributed by atoms with E-state index in [1.807, 2.05) is 0 Å². The van der Waals surface area contributed by atoms with Crippen LogP contribution in [0.1, 0.15) is 0 Å². The molecule has 0 fully saturated rings. The molecule has 1 aromatic carbocycles. The summed E-state index contributed by atoms with van der Waals surface area (Å²) >= 11 is 0. The first-order chi connectivity index (χ1) is 7.11. The zero-order chi connectivity index (χ0) is 11.0. The summed E-state index contributed by atoms with van der Waals surface area (Å²) in [5.74, 6) is 0. The SMILES string of the molecule is O=c1cc([N+](=O)[O-])c2ccccc2n1[O-]. The molecule has 0 bridgehead atoms. The number of pyridine rings is 1. The highest BCUT2D eigenvalue weighted by Crippen LogP contribution is 2.22. The van der Waals surface area contributed by atoms with Crippen LogP contribution in [0, 0.1) is 15.3 Å². The van der Waals surface area contributed by atoms with E-state index in [1.54, 1.807) is 12.1 Å². The van der Waals surface area contributed by atoms with Crippen LogP contribution in [-0.2, 0) is 0 Å². The summed E-state index contributed by atoms with van der Waals surface area (Å²) < 4.78 is 0.141. The van der Waals surface area contributed by atoms with Crippen LogP contribution in [0.5, 0.6) is 0 Å². The number of nitro groups is 1. The Morgan fingerprint density at radius 1 is 1.27 bits per heavy atom. The van der Waals surface area contributed by atoms with Gasteiger partial charge in [0.05, 0.1) is 21.9 Å². The first-order valence-corrected chi connectivity index (χ1v) is 4.08. The van der Waals surface area contributed by atoms with Crippen molar-refractivity contribution in [3.8, 4) is 0 Å². The fourth-order valence-corrected chi connectivity index (χ4v) is 1.39. The smallest absolute Gasteiger partial charge is 0.284 e. The molecule has 6 heteroatoms. The Morgan fingerprint density at radius 3 is 2.60 bits per heavy atom. The third-order valence-corrected chi connectivity index (χ3v) is 2.06. The molecule has 0 unspecified atom stereocenters. The second-order valence-corrected chi connectivity index (χ2v) is 2.94. The van der Waals surface area contributed by atoms with Crippen molar-refractivity contribution in [1.82, 2.24) is 4.73 Å². The molecule has 1 heterocycles. The first-order valence-electron chi connectivity index (χ1n) is 4.08. The summed E-state index contributed by atoms with van der Waals surface area (Å²) in [6, 6.07) is 6.65. The van der Waals surface area contributed by atoms with E-state index in [0.717, 1.165) is 6.07 Å². The number of hydrogen-bond acceptors (Lipinski definition) is 4. The minimum Gasteiger partial charge on any atom is -0.803 e. The van der Waals surface area contributed by atoms with Gasteiger partial charge >= 0.3 is 0 Å². The van der Waals surface area contributed by atoms with Crippen LogP contribution in [0.3, 0.4) is 0 Å². The van der Waals surface area contributed by atoms with E-state index in [0.29, 0.717) is 0 Å². The highest BCUT2D eigenvalue weighted by molar-refractivity contribution is 5.88. The molecule has 0 saturated heterocycles. The molecule has 0 amide bonds. The maximum absolute atomic E-state index is 11.3. The van der Waals surface area contributed by atoms with Crippen LogP contribution in [0.25, 0.3) is 10.9 Å². The maximum atomic E-state index is 11.3. The average molecular weight is 205 g/mol. The Bertz CT molecular complexity index is 603. The minimum absolute atomic E-state index is 0.0108. The second kappa shape index (κ2) is 3.09. The lowest BCUT2D eigenvalue weighted by atomic mass is 10.2. The van der Waals surface area contributed by atoms with Gasteiger partial charge in [0.15, 0.2) is 0 Å². The molecular formula is C9H5N2O4-. The van der Waals surface area contributed by atoms with E-state index in [1.165, 1.54) is 12.1 Å². The predicted octanol–water partition coefficient (Wildman–Crippen LogP) is 1.26. The third kappa shape index (κ3) is 1.32. The van der Waals surface area contributed by atoms with Crippen molar-refractivity contribution in [1.29, 1.82) is 0 Å². The van der Waals surface area contributed by atoms with Gasteiger partial charge in [-0.15, -0.1) is 0 Å². The Labute approximate surface area is 83.1 Å². The van der Waals surface area contributed by atoms with Crippen molar-refractivity contribution in [2.45, 2.75) is 0 Å². The van der Waals surface area contributed by atoms with Gasteiger partial charge < -0.3 is 9.94 Å². The number of aromatic nitrogens is 1. The van der Waals surface area contributed by atoms with Crippen molar-refractivity contribution in [2.24, 2.45) is 0 Å². The fourth-order valence-electron chi connectivity index (χ4n) is 1.39. The zero-order valence-corrected chi connectivity index (χ0v) is 7.41. The van der Waals surface area contributed by atoms with Gasteiger partial charge in [0.1, 0.15) is 0 Å². The average Bonchev–Trinajstić information content (AvgIpc) is 2.23. The Hall–Kier alpha value is -2.37. The molecule has 0 spiro atoms. The Balaban J connectivity index is 3.01. The summed E-state index contributed by atoms with van der Waals surface area (Å²) in [5, 5.41) is 22.1. The molecule has 0 N–H and O–H groups in total. The van der Waals surface area contributed by atoms with E-state index >= 15 is 0 Å². The molecule has 0 radical (unpaired) electrons. The van der Waals surface area contributed by atoms with Gasteiger partial charge in [-0.3, -0.25) is 14.9 Å². The largest absolute Gasteiger partial charge is 0.803 e. The number of benzene rings is 1. The highest BCUT2D eigenvalue weighted by Gasteiger charge is 2.13. The lowest BCUT2D eigenvalue weighted by Crippen LogP contribution is -2.15. The molecule has 0 aliphatic rings. The minimum atomic E-state index is -0.930. The molecule has 0 saturated carbocycles. The van der Waals surface area contributed by atoms with Crippen LogP contribution in [0.15, 0.2) is 35.1 Å². The van der Waals surface area contributed by atoms with Gasteiger partial charge in [-0.05, 0) is 12.1 Å². The quantitative estimate of drug-likeness (QED) is 0.517. The van der Waals surface area contributed by atoms with Crippen LogP contribution in [0.4, 0.5) is 5.69 Å². The van der Waals surface area contributed by atoms with Gasteiger partial charge in [-0.1, -0.05) is 12.1 Å². The number of hydrogen-bond donors (Lipinski definition) is 0. The molecule has 2 rings (SSSR count). The van der Waals surface area contributed by atoms with E-state index < -0.39 is 10.5 Å². The molecule has 0 aliphatic heterocycles. The topological polar surface area (TPSA) is 88.2 Å². The Kier molecular flexibility index (Phi) is 1.89. The number of nitrogens with zero attached hydrogens (tertiary/aromatic N) is 2. The molecular weight excluding hydrogens is 200 g/mol. The number of rotatable bonds is 1. The normalized spacial score (nSPS) is 10.4. The standard InChI is InChI=1S/C9H5N2O4/c12-9-5-8(11(14)15)6-3-1-2-4-7(6)10(9)13/h1-5H/q-1. The zero-order valence-electron chi connectivity index (χ0n) is 7.41. The lowest BCUT2D eigenvalue weighted by molar-refractivity contribution is -0.383.